The minimum Gasteiger partial charge on any atom is -0.445 e. The number of carbonyl (C=O) groups is 3. The van der Waals surface area contributed by atoms with Gasteiger partial charge in [0, 0.05) is 12.7 Å². The summed E-state index contributed by atoms with van der Waals surface area (Å²) < 4.78 is 11.0. The first kappa shape index (κ1) is 28.0. The van der Waals surface area contributed by atoms with E-state index in [0.29, 0.717) is 17.5 Å². The Morgan fingerprint density at radius 2 is 1.65 bits per heavy atom. The van der Waals surface area contributed by atoms with Gasteiger partial charge in [0.05, 0.1) is 6.04 Å². The van der Waals surface area contributed by atoms with Crippen LogP contribution in [0.1, 0.15) is 75.6 Å². The van der Waals surface area contributed by atoms with Crippen molar-refractivity contribution in [2.45, 2.75) is 83.6 Å². The van der Waals surface area contributed by atoms with Crippen LogP contribution in [0, 0.1) is 17.8 Å². The Labute approximate surface area is 236 Å². The van der Waals surface area contributed by atoms with Gasteiger partial charge in [0.15, 0.2) is 0 Å². The van der Waals surface area contributed by atoms with E-state index in [-0.39, 0.29) is 30.6 Å². The van der Waals surface area contributed by atoms with Crippen molar-refractivity contribution in [3.8, 4) is 0 Å². The zero-order valence-electron chi connectivity index (χ0n) is 23.9. The number of hydrogen-bond acceptors (Lipinski definition) is 5. The number of aryl methyl sites for hydroxylation is 1. The van der Waals surface area contributed by atoms with E-state index in [1.807, 2.05) is 69.3 Å². The molecule has 2 atom stereocenters. The molecule has 0 spiro atoms. The normalized spacial score (nSPS) is 19.0. The van der Waals surface area contributed by atoms with E-state index in [1.165, 1.54) is 0 Å². The Morgan fingerprint density at radius 1 is 0.975 bits per heavy atom. The second kappa shape index (κ2) is 11.5. The fraction of sp³-hybridized carbons (Fsp3) is 0.531. The van der Waals surface area contributed by atoms with Crippen LogP contribution < -0.4 is 10.6 Å². The number of carbonyl (C=O) groups excluding carboxylic acids is 3. The number of rotatable bonds is 9. The summed E-state index contributed by atoms with van der Waals surface area (Å²) >= 11 is 0. The van der Waals surface area contributed by atoms with Crippen LogP contribution in [-0.2, 0) is 27.3 Å². The number of nitrogens with one attached hydrogen (secondary N) is 2. The molecule has 3 amide bonds. The van der Waals surface area contributed by atoms with Gasteiger partial charge in [-0.3, -0.25) is 4.79 Å². The van der Waals surface area contributed by atoms with Gasteiger partial charge in [-0.25, -0.2) is 9.59 Å². The molecule has 0 bridgehead atoms. The van der Waals surface area contributed by atoms with Gasteiger partial charge < -0.3 is 25.0 Å². The molecule has 0 unspecified atom stereocenters. The van der Waals surface area contributed by atoms with Gasteiger partial charge in [0.1, 0.15) is 18.2 Å². The number of anilines is 1. The summed E-state index contributed by atoms with van der Waals surface area (Å²) in [6, 6.07) is 14.7. The van der Waals surface area contributed by atoms with Gasteiger partial charge >= 0.3 is 12.2 Å². The summed E-state index contributed by atoms with van der Waals surface area (Å²) in [7, 11) is 1.77. The highest BCUT2D eigenvalue weighted by molar-refractivity contribution is 5.97. The third-order valence-electron chi connectivity index (χ3n) is 8.09. The molecule has 8 nitrogen and oxygen atoms in total. The first-order valence-electron chi connectivity index (χ1n) is 14.5. The molecule has 0 saturated heterocycles. The van der Waals surface area contributed by atoms with E-state index in [2.05, 4.69) is 10.6 Å². The van der Waals surface area contributed by atoms with E-state index in [9.17, 15) is 14.4 Å². The Hall–Kier alpha value is -3.55. The molecule has 0 aliphatic heterocycles. The standard InChI is InChI=1S/C32H41N3O5/c1-32(2,3)40-31(38)35(4)26-17-14-23-18-24(15-16-25(23)26)33-29(36)28(27(21-10-11-21)22-12-13-22)34-30(37)39-19-20-8-6-5-7-9-20/h5-9,15-16,18,21-22,26-28H,10-14,17,19H2,1-4H3,(H,33,36)(H,34,37)/t26-,28+/m1/s1. The van der Waals surface area contributed by atoms with Crippen LogP contribution in [0.5, 0.6) is 0 Å². The van der Waals surface area contributed by atoms with E-state index in [1.54, 1.807) is 11.9 Å². The van der Waals surface area contributed by atoms with Crippen LogP contribution in [0.4, 0.5) is 15.3 Å². The first-order valence-corrected chi connectivity index (χ1v) is 14.5. The SMILES string of the molecule is CN(C(=O)OC(C)(C)C)[C@@H]1CCc2cc(NC(=O)[C@@H](NC(=O)OCc3ccccc3)C(C3CC3)C3CC3)ccc21. The zero-order valence-corrected chi connectivity index (χ0v) is 23.9. The molecule has 214 valence electrons. The zero-order chi connectivity index (χ0) is 28.4. The number of hydrogen-bond donors (Lipinski definition) is 2. The van der Waals surface area contributed by atoms with Gasteiger partial charge in [0.2, 0.25) is 5.91 Å². The fourth-order valence-electron chi connectivity index (χ4n) is 5.88. The lowest BCUT2D eigenvalue weighted by molar-refractivity contribution is -0.119. The van der Waals surface area contributed by atoms with Crippen LogP contribution >= 0.6 is 0 Å². The number of fused-ring (bicyclic) bond motifs is 1. The highest BCUT2D eigenvalue weighted by Crippen LogP contribution is 2.51. The Balaban J connectivity index is 1.26. The Morgan fingerprint density at radius 3 is 2.27 bits per heavy atom. The van der Waals surface area contributed by atoms with Crippen LogP contribution in [0.15, 0.2) is 48.5 Å². The molecule has 40 heavy (non-hydrogen) atoms. The molecule has 3 aliphatic rings. The van der Waals surface area contributed by atoms with Crippen molar-refractivity contribution >= 4 is 23.8 Å². The largest absolute Gasteiger partial charge is 0.445 e. The maximum Gasteiger partial charge on any atom is 0.410 e. The maximum absolute atomic E-state index is 13.7. The molecule has 3 aliphatic carbocycles. The fourth-order valence-corrected chi connectivity index (χ4v) is 5.88. The van der Waals surface area contributed by atoms with Crippen LogP contribution in [-0.4, -0.2) is 41.7 Å². The Kier molecular flexibility index (Phi) is 8.06. The predicted molar refractivity (Wildman–Crippen MR) is 153 cm³/mol. The Bertz CT molecular complexity index is 1220. The molecular formula is C32H41N3O5. The lowest BCUT2D eigenvalue weighted by Gasteiger charge is -2.29. The average molecular weight is 548 g/mol. The lowest BCUT2D eigenvalue weighted by atomic mass is 9.88. The van der Waals surface area contributed by atoms with E-state index in [4.69, 9.17) is 9.47 Å². The van der Waals surface area contributed by atoms with Crippen molar-refractivity contribution in [2.75, 3.05) is 12.4 Å². The molecule has 0 heterocycles. The molecule has 8 heteroatoms. The van der Waals surface area contributed by atoms with Crippen LogP contribution in [0.2, 0.25) is 0 Å². The highest BCUT2D eigenvalue weighted by Gasteiger charge is 2.48. The van der Waals surface area contributed by atoms with E-state index in [0.717, 1.165) is 55.2 Å². The molecule has 5 rings (SSSR count). The first-order chi connectivity index (χ1) is 19.1. The van der Waals surface area contributed by atoms with Gasteiger partial charge in [-0.1, -0.05) is 36.4 Å². The molecule has 2 aromatic rings. The predicted octanol–water partition coefficient (Wildman–Crippen LogP) is 6.21. The number of nitrogens with zero attached hydrogens (tertiary/aromatic N) is 1. The molecule has 0 aromatic heterocycles. The van der Waals surface area contributed by atoms with Crippen molar-refractivity contribution in [3.05, 3.63) is 65.2 Å². The summed E-state index contributed by atoms with van der Waals surface area (Å²) in [6.45, 7) is 5.73. The highest BCUT2D eigenvalue weighted by atomic mass is 16.6. The van der Waals surface area contributed by atoms with Gasteiger partial charge in [0.25, 0.3) is 0 Å². The molecule has 2 N–H and O–H groups in total. The third-order valence-corrected chi connectivity index (χ3v) is 8.09. The van der Waals surface area contributed by atoms with E-state index >= 15 is 0 Å². The molecule has 2 fully saturated rings. The minimum atomic E-state index is -0.650. The summed E-state index contributed by atoms with van der Waals surface area (Å²) in [5.74, 6) is 0.829. The molecular weight excluding hydrogens is 506 g/mol. The molecule has 2 aromatic carbocycles. The van der Waals surface area contributed by atoms with Gasteiger partial charge in [-0.15, -0.1) is 0 Å². The van der Waals surface area contributed by atoms with Crippen molar-refractivity contribution < 1.29 is 23.9 Å². The van der Waals surface area contributed by atoms with Gasteiger partial charge in [-0.2, -0.15) is 0 Å². The molecule has 2 saturated carbocycles. The molecule has 0 radical (unpaired) electrons. The van der Waals surface area contributed by atoms with Crippen LogP contribution in [0.3, 0.4) is 0 Å². The number of benzene rings is 2. The summed E-state index contributed by atoms with van der Waals surface area (Å²) in [4.78, 5) is 40.8. The number of alkyl carbamates (subject to hydrolysis) is 1. The summed E-state index contributed by atoms with van der Waals surface area (Å²) in [5, 5.41) is 6.00. The summed E-state index contributed by atoms with van der Waals surface area (Å²) in [6.07, 6.45) is 5.06. The maximum atomic E-state index is 13.7. The van der Waals surface area contributed by atoms with Crippen molar-refractivity contribution in [2.24, 2.45) is 17.8 Å². The minimum absolute atomic E-state index is 0.0717. The number of amides is 3. The number of ether oxygens (including phenoxy) is 2. The van der Waals surface area contributed by atoms with E-state index < -0.39 is 17.7 Å². The van der Waals surface area contributed by atoms with Crippen LogP contribution in [0.25, 0.3) is 0 Å². The van der Waals surface area contributed by atoms with Crippen molar-refractivity contribution in [1.82, 2.24) is 10.2 Å². The van der Waals surface area contributed by atoms with Crippen molar-refractivity contribution in [3.63, 3.8) is 0 Å². The topological polar surface area (TPSA) is 97.0 Å². The third kappa shape index (κ3) is 6.95. The second-order valence-corrected chi connectivity index (χ2v) is 12.5. The smallest absolute Gasteiger partial charge is 0.410 e. The van der Waals surface area contributed by atoms with Crippen molar-refractivity contribution in [1.29, 1.82) is 0 Å². The second-order valence-electron chi connectivity index (χ2n) is 12.5. The summed E-state index contributed by atoms with van der Waals surface area (Å²) in [5.41, 5.74) is 3.20. The quantitative estimate of drug-likeness (QED) is 0.389. The van der Waals surface area contributed by atoms with Gasteiger partial charge in [-0.05, 0) is 106 Å². The average Bonchev–Trinajstić information content (AvgIpc) is 3.85. The lowest BCUT2D eigenvalue weighted by Crippen LogP contribution is -2.50. The monoisotopic (exact) mass is 547 g/mol.